The van der Waals surface area contributed by atoms with Gasteiger partial charge in [-0.3, -0.25) is 4.98 Å². The summed E-state index contributed by atoms with van der Waals surface area (Å²) in [4.78, 5) is 4.10. The van der Waals surface area contributed by atoms with Crippen molar-refractivity contribution in [3.8, 4) is 0 Å². The molecule has 5 nitrogen and oxygen atoms in total. The van der Waals surface area contributed by atoms with E-state index >= 15 is 0 Å². The van der Waals surface area contributed by atoms with Gasteiger partial charge in [-0.2, -0.15) is 0 Å². The fourth-order valence-electron chi connectivity index (χ4n) is 1.92. The Bertz CT molecular complexity index is 487. The van der Waals surface area contributed by atoms with E-state index in [0.29, 0.717) is 25.4 Å². The fraction of sp³-hybridized carbons (Fsp3) is 0.545. The summed E-state index contributed by atoms with van der Waals surface area (Å²) < 4.78 is 24.6. The van der Waals surface area contributed by atoms with E-state index < -0.39 is 10.0 Å². The van der Waals surface area contributed by atoms with Crippen LogP contribution >= 0.6 is 0 Å². The van der Waals surface area contributed by atoms with Crippen LogP contribution in [0.15, 0.2) is 18.3 Å². The van der Waals surface area contributed by atoms with Gasteiger partial charge in [-0.15, -0.1) is 0 Å². The first-order valence-electron chi connectivity index (χ1n) is 5.72. The molecule has 0 spiro atoms. The highest BCUT2D eigenvalue weighted by Crippen LogP contribution is 2.13. The average molecular weight is 255 g/mol. The van der Waals surface area contributed by atoms with Crippen LogP contribution in [0, 0.1) is 6.92 Å². The maximum absolute atomic E-state index is 11.5. The maximum Gasteiger partial charge on any atom is 0.214 e. The zero-order valence-electron chi connectivity index (χ0n) is 9.89. The normalized spacial score (nSPS) is 19.4. The van der Waals surface area contributed by atoms with E-state index in [1.54, 1.807) is 10.5 Å². The van der Waals surface area contributed by atoms with Crippen molar-refractivity contribution in [1.82, 2.24) is 9.29 Å². The molecule has 1 N–H and O–H groups in total. The standard InChI is InChI=1S/C11H17N3O2S/c1-10-9-11(3-4-12-10)13-5-7-14-6-2-8-17(14,15)16/h3-4,9H,2,5-8H2,1H3,(H,12,13). The van der Waals surface area contributed by atoms with Gasteiger partial charge in [-0.1, -0.05) is 0 Å². The van der Waals surface area contributed by atoms with Crippen LogP contribution in [0.4, 0.5) is 5.69 Å². The minimum atomic E-state index is -2.97. The van der Waals surface area contributed by atoms with Gasteiger partial charge in [0.25, 0.3) is 0 Å². The Morgan fingerprint density at radius 3 is 3.00 bits per heavy atom. The summed E-state index contributed by atoms with van der Waals surface area (Å²) in [5.74, 6) is 0.293. The lowest BCUT2D eigenvalue weighted by Gasteiger charge is -2.15. The second-order valence-corrected chi connectivity index (χ2v) is 6.27. The monoisotopic (exact) mass is 255 g/mol. The third-order valence-corrected chi connectivity index (χ3v) is 4.75. The van der Waals surface area contributed by atoms with Gasteiger partial charge in [0.15, 0.2) is 0 Å². The molecule has 0 atom stereocenters. The third-order valence-electron chi connectivity index (χ3n) is 2.79. The van der Waals surface area contributed by atoms with Crippen molar-refractivity contribution in [2.45, 2.75) is 13.3 Å². The molecule has 0 aromatic carbocycles. The molecule has 0 bridgehead atoms. The molecule has 0 aliphatic carbocycles. The van der Waals surface area contributed by atoms with Crippen LogP contribution in [0.1, 0.15) is 12.1 Å². The van der Waals surface area contributed by atoms with E-state index in [2.05, 4.69) is 10.3 Å². The van der Waals surface area contributed by atoms with Crippen LogP contribution in [0.3, 0.4) is 0 Å². The van der Waals surface area contributed by atoms with E-state index in [0.717, 1.165) is 17.8 Å². The third kappa shape index (κ3) is 3.17. The van der Waals surface area contributed by atoms with Gasteiger partial charge in [0.05, 0.1) is 5.75 Å². The molecule has 1 saturated heterocycles. The van der Waals surface area contributed by atoms with Crippen LogP contribution in [0.25, 0.3) is 0 Å². The molecule has 1 fully saturated rings. The van der Waals surface area contributed by atoms with E-state index in [9.17, 15) is 8.42 Å². The molecule has 17 heavy (non-hydrogen) atoms. The first kappa shape index (κ1) is 12.3. The average Bonchev–Trinajstić information content (AvgIpc) is 2.58. The number of pyridine rings is 1. The summed E-state index contributed by atoms with van der Waals surface area (Å²) in [5, 5.41) is 3.20. The Hall–Kier alpha value is -1.14. The van der Waals surface area contributed by atoms with Crippen molar-refractivity contribution in [1.29, 1.82) is 0 Å². The predicted molar refractivity (Wildman–Crippen MR) is 67.4 cm³/mol. The highest BCUT2D eigenvalue weighted by molar-refractivity contribution is 7.89. The van der Waals surface area contributed by atoms with Crippen molar-refractivity contribution < 1.29 is 8.42 Å². The first-order valence-corrected chi connectivity index (χ1v) is 7.33. The van der Waals surface area contributed by atoms with Crippen molar-refractivity contribution in [3.63, 3.8) is 0 Å². The summed E-state index contributed by atoms with van der Waals surface area (Å²) >= 11 is 0. The highest BCUT2D eigenvalue weighted by Gasteiger charge is 2.27. The Kier molecular flexibility index (Phi) is 3.63. The van der Waals surface area contributed by atoms with Gasteiger partial charge >= 0.3 is 0 Å². The number of rotatable bonds is 4. The van der Waals surface area contributed by atoms with Gasteiger partial charge in [-0.05, 0) is 25.5 Å². The summed E-state index contributed by atoms with van der Waals surface area (Å²) in [5.41, 5.74) is 1.93. The summed E-state index contributed by atoms with van der Waals surface area (Å²) in [6, 6.07) is 3.82. The first-order chi connectivity index (χ1) is 8.08. The number of nitrogens with one attached hydrogen (secondary N) is 1. The summed E-state index contributed by atoms with van der Waals surface area (Å²) in [6.45, 7) is 3.74. The smallest absolute Gasteiger partial charge is 0.214 e. The molecule has 0 saturated carbocycles. The molecule has 1 aliphatic rings. The van der Waals surface area contributed by atoms with Gasteiger partial charge < -0.3 is 5.32 Å². The molecule has 0 unspecified atom stereocenters. The Morgan fingerprint density at radius 2 is 2.35 bits per heavy atom. The number of nitrogens with zero attached hydrogens (tertiary/aromatic N) is 2. The SMILES string of the molecule is Cc1cc(NCCN2CCCS2(=O)=O)ccn1. The summed E-state index contributed by atoms with van der Waals surface area (Å²) in [7, 11) is -2.97. The number of aryl methyl sites for hydroxylation is 1. The molecule has 0 amide bonds. The van der Waals surface area contributed by atoms with E-state index in [1.807, 2.05) is 19.1 Å². The van der Waals surface area contributed by atoms with E-state index in [1.165, 1.54) is 0 Å². The second kappa shape index (κ2) is 5.01. The largest absolute Gasteiger partial charge is 0.384 e. The minimum absolute atomic E-state index is 0.293. The second-order valence-electron chi connectivity index (χ2n) is 4.18. The van der Waals surface area contributed by atoms with Crippen LogP contribution in [-0.2, 0) is 10.0 Å². The van der Waals surface area contributed by atoms with Crippen molar-refractivity contribution in [3.05, 3.63) is 24.0 Å². The molecule has 2 rings (SSSR count). The van der Waals surface area contributed by atoms with Crippen molar-refractivity contribution in [2.75, 3.05) is 30.7 Å². The molecular formula is C11H17N3O2S. The molecular weight excluding hydrogens is 238 g/mol. The number of hydrogen-bond donors (Lipinski definition) is 1. The maximum atomic E-state index is 11.5. The number of aromatic nitrogens is 1. The number of anilines is 1. The lowest BCUT2D eigenvalue weighted by molar-refractivity contribution is 0.456. The lowest BCUT2D eigenvalue weighted by atomic mass is 10.3. The van der Waals surface area contributed by atoms with E-state index in [-0.39, 0.29) is 0 Å². The minimum Gasteiger partial charge on any atom is -0.384 e. The summed E-state index contributed by atoms with van der Waals surface area (Å²) in [6.07, 6.45) is 2.49. The lowest BCUT2D eigenvalue weighted by Crippen LogP contribution is -2.30. The molecule has 0 radical (unpaired) electrons. The van der Waals surface area contributed by atoms with Crippen LogP contribution in [0.2, 0.25) is 0 Å². The molecule has 1 aliphatic heterocycles. The molecule has 1 aromatic rings. The Labute approximate surface area is 102 Å². The fourth-order valence-corrected chi connectivity index (χ4v) is 3.45. The van der Waals surface area contributed by atoms with E-state index in [4.69, 9.17) is 0 Å². The molecule has 1 aromatic heterocycles. The molecule has 94 valence electrons. The highest BCUT2D eigenvalue weighted by atomic mass is 32.2. The van der Waals surface area contributed by atoms with Gasteiger partial charge in [0.2, 0.25) is 10.0 Å². The molecule has 2 heterocycles. The van der Waals surface area contributed by atoms with Gasteiger partial charge in [0.1, 0.15) is 0 Å². The number of sulfonamides is 1. The predicted octanol–water partition coefficient (Wildman–Crippen LogP) is 0.837. The zero-order valence-corrected chi connectivity index (χ0v) is 10.7. The Balaban J connectivity index is 1.84. The van der Waals surface area contributed by atoms with Crippen molar-refractivity contribution in [2.24, 2.45) is 0 Å². The van der Waals surface area contributed by atoms with Crippen LogP contribution in [-0.4, -0.2) is 43.1 Å². The molecule has 6 heteroatoms. The van der Waals surface area contributed by atoms with Gasteiger partial charge in [0, 0.05) is 37.2 Å². The number of hydrogen-bond acceptors (Lipinski definition) is 4. The quantitative estimate of drug-likeness (QED) is 0.866. The van der Waals surface area contributed by atoms with Gasteiger partial charge in [-0.25, -0.2) is 12.7 Å². The topological polar surface area (TPSA) is 62.3 Å². The Morgan fingerprint density at radius 1 is 1.53 bits per heavy atom. The zero-order chi connectivity index (χ0) is 12.3. The van der Waals surface area contributed by atoms with Crippen molar-refractivity contribution >= 4 is 15.7 Å². The van der Waals surface area contributed by atoms with Crippen LogP contribution in [0.5, 0.6) is 0 Å². The van der Waals surface area contributed by atoms with Crippen LogP contribution < -0.4 is 5.32 Å².